The molecule has 0 saturated heterocycles. The van der Waals surface area contributed by atoms with Gasteiger partial charge in [-0.1, -0.05) is 78.0 Å². The summed E-state index contributed by atoms with van der Waals surface area (Å²) in [4.78, 5) is 24.2. The molecule has 188 valence electrons. The Kier molecular flexibility index (Phi) is 6.74. The Bertz CT molecular complexity index is 1430. The number of amides is 1. The Morgan fingerprint density at radius 1 is 1.05 bits per heavy atom. The number of ether oxygens (including phenoxy) is 1. The molecule has 0 spiro atoms. The van der Waals surface area contributed by atoms with Gasteiger partial charge in [0.2, 0.25) is 0 Å². The van der Waals surface area contributed by atoms with Crippen molar-refractivity contribution in [3.05, 3.63) is 95.2 Å². The van der Waals surface area contributed by atoms with Gasteiger partial charge in [-0.05, 0) is 48.1 Å². The maximum atomic E-state index is 12.6. The van der Waals surface area contributed by atoms with E-state index in [1.165, 1.54) is 0 Å². The van der Waals surface area contributed by atoms with Gasteiger partial charge in [0.1, 0.15) is 23.5 Å². The van der Waals surface area contributed by atoms with Crippen LogP contribution >= 0.6 is 0 Å². The zero-order chi connectivity index (χ0) is 25.9. The van der Waals surface area contributed by atoms with E-state index in [9.17, 15) is 14.7 Å². The average molecular weight is 498 g/mol. The van der Waals surface area contributed by atoms with E-state index in [-0.39, 0.29) is 0 Å². The quantitative estimate of drug-likeness (QED) is 0.304. The van der Waals surface area contributed by atoms with Crippen LogP contribution in [-0.2, 0) is 16.0 Å². The van der Waals surface area contributed by atoms with Crippen molar-refractivity contribution < 1.29 is 24.0 Å². The second kappa shape index (κ2) is 10.3. The highest BCUT2D eigenvalue weighted by Gasteiger charge is 2.26. The Morgan fingerprint density at radius 3 is 2.49 bits per heavy atom. The first-order valence-corrected chi connectivity index (χ1v) is 12.1. The lowest BCUT2D eigenvalue weighted by Gasteiger charge is -2.24. The molecule has 0 aliphatic carbocycles. The van der Waals surface area contributed by atoms with Crippen LogP contribution in [0, 0.1) is 6.92 Å². The van der Waals surface area contributed by atoms with Crippen LogP contribution in [0.25, 0.3) is 22.5 Å². The first-order chi connectivity index (χ1) is 17.9. The number of aromatic nitrogens is 1. The zero-order valence-electron chi connectivity index (χ0n) is 20.5. The number of carbonyl (C=O) groups is 2. The zero-order valence-corrected chi connectivity index (χ0v) is 20.5. The molecule has 1 amide bonds. The molecule has 8 nitrogen and oxygen atoms in total. The number of aryl methyl sites for hydroxylation is 1. The van der Waals surface area contributed by atoms with E-state index >= 15 is 0 Å². The van der Waals surface area contributed by atoms with Crippen molar-refractivity contribution in [2.24, 2.45) is 0 Å². The third kappa shape index (κ3) is 5.10. The summed E-state index contributed by atoms with van der Waals surface area (Å²) < 4.78 is 11.1. The van der Waals surface area contributed by atoms with Gasteiger partial charge in [-0.15, -0.1) is 0 Å². The van der Waals surface area contributed by atoms with Crippen molar-refractivity contribution in [2.45, 2.75) is 32.4 Å². The van der Waals surface area contributed by atoms with Crippen molar-refractivity contribution in [2.75, 3.05) is 11.9 Å². The number of benzene rings is 3. The molecule has 2 unspecified atom stereocenters. The highest BCUT2D eigenvalue weighted by Crippen LogP contribution is 2.34. The summed E-state index contributed by atoms with van der Waals surface area (Å²) >= 11 is 0. The monoisotopic (exact) mass is 497 g/mol. The van der Waals surface area contributed by atoms with E-state index in [4.69, 9.17) is 9.26 Å². The van der Waals surface area contributed by atoms with Crippen LogP contribution < -0.4 is 10.6 Å². The summed E-state index contributed by atoms with van der Waals surface area (Å²) in [5, 5.41) is 19.3. The lowest BCUT2D eigenvalue weighted by atomic mass is 9.90. The molecular weight excluding hydrogens is 470 g/mol. The van der Waals surface area contributed by atoms with Crippen molar-refractivity contribution in [1.29, 1.82) is 0 Å². The highest BCUT2D eigenvalue weighted by atomic mass is 16.6. The highest BCUT2D eigenvalue weighted by molar-refractivity contribution is 5.91. The number of nitrogens with zero attached hydrogens (tertiary/aromatic N) is 1. The molecule has 37 heavy (non-hydrogen) atoms. The fourth-order valence-electron chi connectivity index (χ4n) is 4.58. The number of carbonyl (C=O) groups excluding carboxylic acids is 1. The molecule has 0 bridgehead atoms. The largest absolute Gasteiger partial charge is 0.480 e. The third-order valence-corrected chi connectivity index (χ3v) is 6.57. The van der Waals surface area contributed by atoms with Crippen LogP contribution in [0.4, 0.5) is 10.5 Å². The summed E-state index contributed by atoms with van der Waals surface area (Å²) in [5.41, 5.74) is 6.48. The van der Waals surface area contributed by atoms with Crippen molar-refractivity contribution in [1.82, 2.24) is 10.5 Å². The van der Waals surface area contributed by atoms with Gasteiger partial charge < -0.3 is 19.7 Å². The van der Waals surface area contributed by atoms with E-state index in [2.05, 4.69) is 21.9 Å². The molecule has 1 aromatic heterocycles. The maximum Gasteiger partial charge on any atom is 0.412 e. The van der Waals surface area contributed by atoms with E-state index in [1.807, 2.05) is 73.7 Å². The van der Waals surface area contributed by atoms with Crippen LogP contribution in [-0.4, -0.2) is 28.9 Å². The van der Waals surface area contributed by atoms with Gasteiger partial charge in [0.15, 0.2) is 5.76 Å². The van der Waals surface area contributed by atoms with E-state index in [1.54, 1.807) is 6.92 Å². The number of rotatable bonds is 6. The van der Waals surface area contributed by atoms with Crippen LogP contribution in [0.1, 0.15) is 41.5 Å². The topological polar surface area (TPSA) is 114 Å². The number of hydrogen-bond acceptors (Lipinski definition) is 6. The van der Waals surface area contributed by atoms with Gasteiger partial charge in [-0.25, -0.2) is 4.79 Å². The molecule has 3 aromatic carbocycles. The summed E-state index contributed by atoms with van der Waals surface area (Å²) in [6.45, 7) is 4.19. The molecule has 0 radical (unpaired) electrons. The van der Waals surface area contributed by atoms with Crippen molar-refractivity contribution in [3.8, 4) is 22.5 Å². The summed E-state index contributed by atoms with van der Waals surface area (Å²) in [6, 6.07) is 22.4. The molecule has 2 heterocycles. The van der Waals surface area contributed by atoms with Crippen LogP contribution in [0.2, 0.25) is 0 Å². The van der Waals surface area contributed by atoms with Crippen LogP contribution in [0.3, 0.4) is 0 Å². The number of nitrogens with one attached hydrogen (secondary N) is 2. The van der Waals surface area contributed by atoms with Gasteiger partial charge >= 0.3 is 12.1 Å². The Hall–Kier alpha value is -4.43. The van der Waals surface area contributed by atoms with E-state index in [0.717, 1.165) is 39.8 Å². The van der Waals surface area contributed by atoms with Crippen molar-refractivity contribution in [3.63, 3.8) is 0 Å². The lowest BCUT2D eigenvalue weighted by Crippen LogP contribution is -2.34. The predicted molar refractivity (Wildman–Crippen MR) is 139 cm³/mol. The van der Waals surface area contributed by atoms with E-state index in [0.29, 0.717) is 23.7 Å². The molecule has 5 rings (SSSR count). The fourth-order valence-corrected chi connectivity index (χ4v) is 4.58. The second-order valence-corrected chi connectivity index (χ2v) is 9.02. The number of aliphatic carboxylic acids is 1. The summed E-state index contributed by atoms with van der Waals surface area (Å²) in [6.07, 6.45) is -0.234. The number of carboxylic acids is 1. The fraction of sp³-hybridized carbons (Fsp3) is 0.207. The second-order valence-electron chi connectivity index (χ2n) is 9.02. The first-order valence-electron chi connectivity index (χ1n) is 12.1. The minimum atomic E-state index is -0.872. The molecular formula is C29H27N3O5. The van der Waals surface area contributed by atoms with Crippen LogP contribution in [0.5, 0.6) is 0 Å². The van der Waals surface area contributed by atoms with Gasteiger partial charge in [0, 0.05) is 12.1 Å². The number of carboxylic acid groups (broad SMARTS) is 1. The molecule has 4 aromatic rings. The molecule has 0 fully saturated rings. The van der Waals surface area contributed by atoms with Crippen molar-refractivity contribution >= 4 is 17.7 Å². The smallest absolute Gasteiger partial charge is 0.412 e. The first kappa shape index (κ1) is 24.3. The lowest BCUT2D eigenvalue weighted by molar-refractivity contribution is -0.139. The molecule has 3 N–H and O–H groups in total. The Balaban J connectivity index is 1.33. The van der Waals surface area contributed by atoms with Crippen LogP contribution in [0.15, 0.2) is 77.3 Å². The molecule has 1 aliphatic heterocycles. The number of fused-ring (bicyclic) bond motifs is 1. The Labute approximate surface area is 214 Å². The standard InChI is InChI=1S/C29H27N3O5/c1-17-25(31-29(35)36-18(2)19-6-4-3-5-7-19)27(37-32-17)21-10-8-20(9-11-21)22-12-13-24-23(16-22)14-15-30-26(24)28(33)34/h3-13,16,18,26,30H,14-15H2,1-2H3,(H,31,35)(H,33,34). The third-order valence-electron chi connectivity index (χ3n) is 6.57. The minimum absolute atomic E-state index is 0.415. The minimum Gasteiger partial charge on any atom is -0.480 e. The Morgan fingerprint density at radius 2 is 1.76 bits per heavy atom. The van der Waals surface area contributed by atoms with Gasteiger partial charge in [0.25, 0.3) is 0 Å². The number of anilines is 1. The molecule has 8 heteroatoms. The molecule has 1 aliphatic rings. The summed E-state index contributed by atoms with van der Waals surface area (Å²) in [7, 11) is 0. The molecule has 2 atom stereocenters. The SMILES string of the molecule is Cc1noc(-c2ccc(-c3ccc4c(c3)CCNC4C(=O)O)cc2)c1NC(=O)OC(C)c1ccccc1. The average Bonchev–Trinajstić information content (AvgIpc) is 3.28. The summed E-state index contributed by atoms with van der Waals surface area (Å²) in [5.74, 6) is -0.433. The normalized spacial score (nSPS) is 15.5. The maximum absolute atomic E-state index is 12.6. The predicted octanol–water partition coefficient (Wildman–Crippen LogP) is 5.90. The van der Waals surface area contributed by atoms with Gasteiger partial charge in [0.05, 0.1) is 0 Å². The van der Waals surface area contributed by atoms with Gasteiger partial charge in [-0.3, -0.25) is 10.1 Å². The molecule has 0 saturated carbocycles. The number of hydrogen-bond donors (Lipinski definition) is 3. The van der Waals surface area contributed by atoms with Gasteiger partial charge in [-0.2, -0.15) is 0 Å². The van der Waals surface area contributed by atoms with E-state index < -0.39 is 24.2 Å².